The van der Waals surface area contributed by atoms with Crippen LogP contribution in [0.3, 0.4) is 0 Å². The van der Waals surface area contributed by atoms with Gasteiger partial charge in [0.05, 0.1) is 15.6 Å². The lowest BCUT2D eigenvalue weighted by molar-refractivity contribution is -0.384. The number of nitrogens with zero attached hydrogens (tertiary/aromatic N) is 2. The Bertz CT molecular complexity index is 1690. The van der Waals surface area contributed by atoms with E-state index in [9.17, 15) is 14.9 Å². The highest BCUT2D eigenvalue weighted by Gasteiger charge is 2.17. The summed E-state index contributed by atoms with van der Waals surface area (Å²) in [6.45, 7) is 1.98. The molecule has 0 saturated carbocycles. The van der Waals surface area contributed by atoms with Crippen LogP contribution in [0.1, 0.15) is 16.1 Å². The highest BCUT2D eigenvalue weighted by atomic mass is 35.5. The number of fused-ring (bicyclic) bond motifs is 1. The van der Waals surface area contributed by atoms with Gasteiger partial charge in [0.15, 0.2) is 16.5 Å². The zero-order chi connectivity index (χ0) is 26.1. The molecule has 5 rings (SSSR count). The van der Waals surface area contributed by atoms with Crippen molar-refractivity contribution in [2.75, 3.05) is 5.32 Å². The molecular weight excluding hydrogens is 516 g/mol. The quantitative estimate of drug-likeness (QED) is 0.145. The molecule has 0 saturated heterocycles. The smallest absolute Gasteiger partial charge is 0.293 e. The number of nitro benzene ring substituents is 1. The van der Waals surface area contributed by atoms with Crippen LogP contribution in [0.5, 0.6) is 0 Å². The Kier molecular flexibility index (Phi) is 6.43. The summed E-state index contributed by atoms with van der Waals surface area (Å²) in [5, 5.41) is 16.8. The summed E-state index contributed by atoms with van der Waals surface area (Å²) in [6, 6.07) is 19.8. The van der Waals surface area contributed by atoms with Crippen molar-refractivity contribution < 1.29 is 18.6 Å². The summed E-state index contributed by atoms with van der Waals surface area (Å²) in [4.78, 5) is 27.7. The molecule has 2 aromatic heterocycles. The van der Waals surface area contributed by atoms with Crippen molar-refractivity contribution in [1.29, 1.82) is 0 Å². The molecule has 0 fully saturated rings. The normalized spacial score (nSPS) is 10.9. The van der Waals surface area contributed by atoms with Crippen molar-refractivity contribution in [2.45, 2.75) is 6.92 Å². The number of non-ortho nitro benzene ring substituents is 1. The maximum atomic E-state index is 12.7. The topological polar surface area (TPSA) is 123 Å². The molecule has 0 unspecified atom stereocenters. The summed E-state index contributed by atoms with van der Waals surface area (Å²) in [5.41, 5.74) is 3.97. The number of halogens is 1. The first-order chi connectivity index (χ1) is 17.8. The predicted octanol–water partition coefficient (Wildman–Crippen LogP) is 6.75. The molecule has 9 nitrogen and oxygen atoms in total. The number of nitrogens with one attached hydrogen (secondary N) is 2. The van der Waals surface area contributed by atoms with Crippen LogP contribution in [-0.4, -0.2) is 20.9 Å². The maximum Gasteiger partial charge on any atom is 0.293 e. The number of hydrogen-bond donors (Lipinski definition) is 2. The maximum absolute atomic E-state index is 12.7. The monoisotopic (exact) mass is 532 g/mol. The highest BCUT2D eigenvalue weighted by Crippen LogP contribution is 2.31. The second-order valence-corrected chi connectivity index (χ2v) is 8.88. The van der Waals surface area contributed by atoms with Gasteiger partial charge in [0.25, 0.3) is 11.6 Å². The van der Waals surface area contributed by atoms with Crippen molar-refractivity contribution in [3.63, 3.8) is 0 Å². The number of aromatic nitrogens is 1. The lowest BCUT2D eigenvalue weighted by atomic mass is 10.1. The lowest BCUT2D eigenvalue weighted by Crippen LogP contribution is -2.34. The minimum Gasteiger partial charge on any atom is -0.451 e. The average molecular weight is 533 g/mol. The van der Waals surface area contributed by atoms with Gasteiger partial charge in [-0.2, -0.15) is 0 Å². The number of thiocarbonyl (C=S) groups is 1. The summed E-state index contributed by atoms with van der Waals surface area (Å²) in [6.07, 6.45) is 0. The lowest BCUT2D eigenvalue weighted by Gasteiger charge is -2.11. The molecule has 0 bridgehead atoms. The van der Waals surface area contributed by atoms with Crippen molar-refractivity contribution in [3.8, 4) is 22.8 Å². The summed E-state index contributed by atoms with van der Waals surface area (Å²) in [5.74, 6) is 0.0968. The second kappa shape index (κ2) is 9.84. The fraction of sp³-hybridized carbons (Fsp3) is 0.0385. The molecule has 184 valence electrons. The summed E-state index contributed by atoms with van der Waals surface area (Å²) < 4.78 is 11.4. The van der Waals surface area contributed by atoms with Gasteiger partial charge in [0.2, 0.25) is 5.89 Å². The van der Waals surface area contributed by atoms with Gasteiger partial charge in [-0.05, 0) is 67.2 Å². The highest BCUT2D eigenvalue weighted by molar-refractivity contribution is 7.80. The fourth-order valence-corrected chi connectivity index (χ4v) is 3.99. The van der Waals surface area contributed by atoms with E-state index in [1.54, 1.807) is 30.3 Å². The minimum absolute atomic E-state index is 0.00876. The van der Waals surface area contributed by atoms with Crippen LogP contribution in [0.25, 0.3) is 33.9 Å². The molecule has 11 heteroatoms. The number of aryl methyl sites for hydroxylation is 1. The Balaban J connectivity index is 1.29. The molecule has 0 aliphatic carbocycles. The van der Waals surface area contributed by atoms with E-state index in [-0.39, 0.29) is 16.6 Å². The van der Waals surface area contributed by atoms with Crippen molar-refractivity contribution in [2.24, 2.45) is 0 Å². The predicted molar refractivity (Wildman–Crippen MR) is 144 cm³/mol. The standard InChI is InChI=1S/C26H17ClN4O5S/c1-14-5-8-22-20(11-14)28-25(36-22)16-6-7-18(27)19(13-16)29-26(37)30-24(32)23-10-9-21(35-23)15-3-2-4-17(12-15)31(33)34/h2-13H,1H3,(H2,29,30,32,37). The first kappa shape index (κ1) is 24.2. The van der Waals surface area contributed by atoms with Crippen molar-refractivity contribution >= 4 is 57.3 Å². The van der Waals surface area contributed by atoms with Gasteiger partial charge in [0, 0.05) is 23.3 Å². The van der Waals surface area contributed by atoms with Crippen LogP contribution in [-0.2, 0) is 0 Å². The van der Waals surface area contributed by atoms with E-state index >= 15 is 0 Å². The second-order valence-electron chi connectivity index (χ2n) is 8.06. The van der Waals surface area contributed by atoms with Crippen LogP contribution in [0.2, 0.25) is 5.02 Å². The largest absolute Gasteiger partial charge is 0.451 e. The zero-order valence-corrected chi connectivity index (χ0v) is 20.7. The molecule has 3 aromatic carbocycles. The Morgan fingerprint density at radius 2 is 1.86 bits per heavy atom. The number of oxazole rings is 1. The Morgan fingerprint density at radius 1 is 1.03 bits per heavy atom. The van der Waals surface area contributed by atoms with Crippen LogP contribution >= 0.6 is 23.8 Å². The number of nitro groups is 1. The molecule has 0 spiro atoms. The fourth-order valence-electron chi connectivity index (χ4n) is 3.62. The van der Waals surface area contributed by atoms with Gasteiger partial charge >= 0.3 is 0 Å². The van der Waals surface area contributed by atoms with E-state index in [0.717, 1.165) is 11.1 Å². The van der Waals surface area contributed by atoms with Gasteiger partial charge in [-0.1, -0.05) is 29.8 Å². The minimum atomic E-state index is -0.601. The Hall–Kier alpha value is -4.54. The molecular formula is C26H17ClN4O5S. The average Bonchev–Trinajstić information content (AvgIpc) is 3.53. The first-order valence-electron chi connectivity index (χ1n) is 10.9. The molecule has 0 aliphatic heterocycles. The summed E-state index contributed by atoms with van der Waals surface area (Å²) >= 11 is 11.6. The molecule has 0 aliphatic rings. The van der Waals surface area contributed by atoms with E-state index < -0.39 is 10.8 Å². The van der Waals surface area contributed by atoms with Gasteiger partial charge in [-0.15, -0.1) is 0 Å². The molecule has 0 radical (unpaired) electrons. The van der Waals surface area contributed by atoms with E-state index in [1.807, 2.05) is 25.1 Å². The van der Waals surface area contributed by atoms with Crippen LogP contribution in [0, 0.1) is 17.0 Å². The number of carbonyl (C=O) groups is 1. The Labute approximate surface area is 220 Å². The number of hydrogen-bond acceptors (Lipinski definition) is 7. The third-order valence-corrected chi connectivity index (χ3v) is 5.94. The van der Waals surface area contributed by atoms with E-state index in [2.05, 4.69) is 15.6 Å². The van der Waals surface area contributed by atoms with E-state index in [4.69, 9.17) is 32.7 Å². The van der Waals surface area contributed by atoms with Gasteiger partial charge in [-0.3, -0.25) is 20.2 Å². The van der Waals surface area contributed by atoms with Crippen molar-refractivity contribution in [1.82, 2.24) is 10.3 Å². The van der Waals surface area contributed by atoms with Crippen molar-refractivity contribution in [3.05, 3.63) is 99.3 Å². The van der Waals surface area contributed by atoms with E-state index in [0.29, 0.717) is 39.1 Å². The molecule has 37 heavy (non-hydrogen) atoms. The molecule has 5 aromatic rings. The summed E-state index contributed by atoms with van der Waals surface area (Å²) in [7, 11) is 0. The molecule has 1 amide bonds. The number of carbonyl (C=O) groups excluding carboxylic acids is 1. The Morgan fingerprint density at radius 3 is 2.68 bits per heavy atom. The van der Waals surface area contributed by atoms with Crippen LogP contribution in [0.15, 0.2) is 81.6 Å². The van der Waals surface area contributed by atoms with Gasteiger partial charge in [-0.25, -0.2) is 4.98 Å². The molecule has 0 atom stereocenters. The number of anilines is 1. The van der Waals surface area contributed by atoms with Crippen LogP contribution in [0.4, 0.5) is 11.4 Å². The third kappa shape index (κ3) is 5.20. The number of furan rings is 1. The third-order valence-electron chi connectivity index (χ3n) is 5.40. The SMILES string of the molecule is Cc1ccc2oc(-c3ccc(Cl)c(NC(=S)NC(=O)c4ccc(-c5cccc([N+](=O)[O-])c5)o4)c3)nc2c1. The molecule has 2 N–H and O–H groups in total. The molecule has 2 heterocycles. The van der Waals surface area contributed by atoms with E-state index in [1.165, 1.54) is 24.3 Å². The van der Waals surface area contributed by atoms with Gasteiger partial charge in [0.1, 0.15) is 11.3 Å². The number of rotatable bonds is 5. The number of benzene rings is 3. The van der Waals surface area contributed by atoms with Gasteiger partial charge < -0.3 is 14.2 Å². The first-order valence-corrected chi connectivity index (χ1v) is 11.7. The zero-order valence-electron chi connectivity index (χ0n) is 19.2. The number of amides is 1. The van der Waals surface area contributed by atoms with Crippen LogP contribution < -0.4 is 10.6 Å².